The number of unbranched alkanes of at least 4 members (excludes halogenated alkanes) is 3. The van der Waals surface area contributed by atoms with Gasteiger partial charge in [-0.25, -0.2) is 4.98 Å². The van der Waals surface area contributed by atoms with E-state index in [-0.39, 0.29) is 5.91 Å². The van der Waals surface area contributed by atoms with Crippen molar-refractivity contribution in [2.45, 2.75) is 60.9 Å². The van der Waals surface area contributed by atoms with E-state index in [1.54, 1.807) is 0 Å². The summed E-state index contributed by atoms with van der Waals surface area (Å²) in [4.78, 5) is 18.8. The molecule has 176 valence electrons. The normalized spacial score (nSPS) is 12.6. The lowest BCUT2D eigenvalue weighted by molar-refractivity contribution is -0.137. The van der Waals surface area contributed by atoms with Gasteiger partial charge in [-0.1, -0.05) is 38.3 Å². The molecule has 1 heterocycles. The molecule has 0 radical (unpaired) electrons. The van der Waals surface area contributed by atoms with Gasteiger partial charge in [0.15, 0.2) is 0 Å². The Kier molecular flexibility index (Phi) is 10.8. The van der Waals surface area contributed by atoms with E-state index in [4.69, 9.17) is 0 Å². The second-order valence-electron chi connectivity index (χ2n) is 7.27. The number of hydrogen-bond acceptors (Lipinski definition) is 5. The molecule has 1 atom stereocenters. The molecule has 1 unspecified atom stereocenters. The highest BCUT2D eigenvalue weighted by atomic mass is 32.2. The Labute approximate surface area is 201 Å². The van der Waals surface area contributed by atoms with Crippen molar-refractivity contribution in [3.63, 3.8) is 0 Å². The summed E-state index contributed by atoms with van der Waals surface area (Å²) in [6.07, 6.45) is 3.70. The Hall–Kier alpha value is -1.32. The summed E-state index contributed by atoms with van der Waals surface area (Å²) in [6, 6.07) is 6.82. The maximum Gasteiger partial charge on any atom is 0.416 e. The first kappa shape index (κ1) is 26.9. The van der Waals surface area contributed by atoms with Gasteiger partial charge in [-0.2, -0.15) is 13.2 Å². The van der Waals surface area contributed by atoms with E-state index < -0.39 is 17.0 Å². The number of alkyl halides is 3. The van der Waals surface area contributed by atoms with Crippen LogP contribution >= 0.6 is 35.3 Å². The number of aryl methyl sites for hydroxylation is 1. The Morgan fingerprint density at radius 1 is 1.09 bits per heavy atom. The van der Waals surface area contributed by atoms with Crippen molar-refractivity contribution in [2.75, 3.05) is 23.6 Å². The first-order chi connectivity index (χ1) is 15.2. The van der Waals surface area contributed by atoms with E-state index >= 15 is 0 Å². The molecular weight excluding hydrogens is 473 g/mol. The number of hydrogen-bond donors (Lipinski definition) is 1. The van der Waals surface area contributed by atoms with Gasteiger partial charge in [0.05, 0.1) is 11.3 Å². The Bertz CT molecular complexity index is 864. The van der Waals surface area contributed by atoms with Crippen molar-refractivity contribution in [3.8, 4) is 0 Å². The molecule has 0 aliphatic carbocycles. The smallest absolute Gasteiger partial charge is 0.322 e. The van der Waals surface area contributed by atoms with Gasteiger partial charge in [0.25, 0.3) is 0 Å². The van der Waals surface area contributed by atoms with Crippen molar-refractivity contribution in [1.82, 2.24) is 4.98 Å². The van der Waals surface area contributed by atoms with Gasteiger partial charge in [0.1, 0.15) is 10.3 Å². The lowest BCUT2D eigenvalue weighted by Crippen LogP contribution is -2.21. The number of carbonyl (C=O) groups is 1. The quantitative estimate of drug-likeness (QED) is 0.250. The fraction of sp³-hybridized carbons (Fsp3) is 0.478. The third-order valence-corrected chi connectivity index (χ3v) is 7.59. The summed E-state index contributed by atoms with van der Waals surface area (Å²) in [5, 5.41) is 3.13. The van der Waals surface area contributed by atoms with Gasteiger partial charge in [-0.15, -0.1) is 35.3 Å². The molecule has 1 aromatic carbocycles. The Morgan fingerprint density at radius 2 is 1.78 bits per heavy atom. The number of aromatic nitrogens is 1. The van der Waals surface area contributed by atoms with Gasteiger partial charge in [-0.05, 0) is 55.4 Å². The number of rotatable bonds is 11. The van der Waals surface area contributed by atoms with Gasteiger partial charge in [-0.3, -0.25) is 4.79 Å². The second kappa shape index (κ2) is 12.8. The Balaban J connectivity index is 2.30. The first-order valence-electron chi connectivity index (χ1n) is 10.4. The average Bonchev–Trinajstić information content (AvgIpc) is 2.76. The molecule has 3 nitrogen and oxygen atoms in total. The summed E-state index contributed by atoms with van der Waals surface area (Å²) >= 11 is 4.44. The molecule has 0 saturated heterocycles. The van der Waals surface area contributed by atoms with Gasteiger partial charge >= 0.3 is 6.18 Å². The topological polar surface area (TPSA) is 42.0 Å². The second-order valence-corrected chi connectivity index (χ2v) is 10.1. The fourth-order valence-electron chi connectivity index (χ4n) is 3.13. The van der Waals surface area contributed by atoms with Gasteiger partial charge in [0.2, 0.25) is 5.91 Å². The maximum absolute atomic E-state index is 13.3. The molecule has 32 heavy (non-hydrogen) atoms. The monoisotopic (exact) mass is 502 g/mol. The predicted molar refractivity (Wildman–Crippen MR) is 132 cm³/mol. The summed E-state index contributed by atoms with van der Waals surface area (Å²) < 4.78 is 39.0. The summed E-state index contributed by atoms with van der Waals surface area (Å²) in [5.41, 5.74) is 1.36. The van der Waals surface area contributed by atoms with Crippen LogP contribution in [0.2, 0.25) is 0 Å². The molecule has 2 rings (SSSR count). The highest BCUT2D eigenvalue weighted by Crippen LogP contribution is 2.38. The fourth-order valence-corrected chi connectivity index (χ4v) is 5.60. The van der Waals surface area contributed by atoms with Crippen LogP contribution in [0, 0.1) is 6.92 Å². The zero-order valence-electron chi connectivity index (χ0n) is 18.7. The third kappa shape index (κ3) is 7.63. The molecule has 0 aliphatic heterocycles. The molecule has 9 heteroatoms. The number of benzene rings is 1. The van der Waals surface area contributed by atoms with Crippen LogP contribution in [0.25, 0.3) is 0 Å². The van der Waals surface area contributed by atoms with Crippen LogP contribution in [0.1, 0.15) is 54.7 Å². The number of nitrogens with zero attached hydrogens (tertiary/aromatic N) is 1. The zero-order chi connectivity index (χ0) is 23.7. The number of thioether (sulfide) groups is 3. The highest BCUT2D eigenvalue weighted by Gasteiger charge is 2.31. The predicted octanol–water partition coefficient (Wildman–Crippen LogP) is 7.85. The minimum atomic E-state index is -4.41. The van der Waals surface area contributed by atoms with E-state index in [0.29, 0.717) is 11.3 Å². The number of amides is 1. The van der Waals surface area contributed by atoms with E-state index in [0.717, 1.165) is 59.2 Å². The van der Waals surface area contributed by atoms with Crippen LogP contribution in [-0.2, 0) is 11.0 Å². The van der Waals surface area contributed by atoms with Crippen molar-refractivity contribution >= 4 is 46.9 Å². The van der Waals surface area contributed by atoms with Crippen molar-refractivity contribution in [3.05, 3.63) is 47.2 Å². The first-order valence-corrected chi connectivity index (χ1v) is 13.9. The maximum atomic E-state index is 13.3. The van der Waals surface area contributed by atoms with E-state index in [1.165, 1.54) is 47.4 Å². The molecule has 2 aromatic rings. The summed E-state index contributed by atoms with van der Waals surface area (Å²) in [5.74, 6) is 0.511. The van der Waals surface area contributed by atoms with Crippen LogP contribution in [0.5, 0.6) is 0 Å². The minimum Gasteiger partial charge on any atom is -0.322 e. The average molecular weight is 503 g/mol. The molecule has 0 spiro atoms. The van der Waals surface area contributed by atoms with Crippen LogP contribution in [-0.4, -0.2) is 29.2 Å². The number of pyridine rings is 1. The standard InChI is InChI=1S/C23H29F3N2OS3/c1-5-6-7-8-13-32-20(16-9-11-17(12-10-16)23(24,25)26)21(29)28-19-18(30-3)14-15(2)27-22(19)31-4/h9-12,14,20H,5-8,13H2,1-4H3,(H,28,29). The van der Waals surface area contributed by atoms with E-state index in [1.807, 2.05) is 25.5 Å². The minimum absolute atomic E-state index is 0.249. The molecule has 0 saturated carbocycles. The molecule has 0 fully saturated rings. The molecule has 0 aliphatic rings. The highest BCUT2D eigenvalue weighted by molar-refractivity contribution is 8.00. The van der Waals surface area contributed by atoms with E-state index in [9.17, 15) is 18.0 Å². The molecule has 1 amide bonds. The van der Waals surface area contributed by atoms with Crippen molar-refractivity contribution < 1.29 is 18.0 Å². The SMILES string of the molecule is CCCCCCSC(C(=O)Nc1c(SC)cc(C)nc1SC)c1ccc(C(F)(F)F)cc1. The van der Waals surface area contributed by atoms with E-state index in [2.05, 4.69) is 17.2 Å². The Morgan fingerprint density at radius 3 is 2.34 bits per heavy atom. The van der Waals surface area contributed by atoms with Gasteiger partial charge < -0.3 is 5.32 Å². The number of carbonyl (C=O) groups excluding carboxylic acids is 1. The number of halogens is 3. The third-order valence-electron chi connectivity index (χ3n) is 4.80. The molecule has 1 aromatic heterocycles. The zero-order valence-corrected chi connectivity index (χ0v) is 21.2. The summed E-state index contributed by atoms with van der Waals surface area (Å²) in [6.45, 7) is 4.04. The molecule has 0 bridgehead atoms. The van der Waals surface area contributed by atoms with Crippen LogP contribution in [0.4, 0.5) is 18.9 Å². The lowest BCUT2D eigenvalue weighted by atomic mass is 10.1. The number of nitrogens with one attached hydrogen (secondary N) is 1. The van der Waals surface area contributed by atoms with Crippen LogP contribution in [0.15, 0.2) is 40.3 Å². The van der Waals surface area contributed by atoms with Crippen molar-refractivity contribution in [2.24, 2.45) is 0 Å². The van der Waals surface area contributed by atoms with Crippen LogP contribution < -0.4 is 5.32 Å². The largest absolute Gasteiger partial charge is 0.416 e. The molecular formula is C23H29F3N2OS3. The summed E-state index contributed by atoms with van der Waals surface area (Å²) in [7, 11) is 0. The lowest BCUT2D eigenvalue weighted by Gasteiger charge is -2.20. The van der Waals surface area contributed by atoms with Crippen molar-refractivity contribution in [1.29, 1.82) is 0 Å². The van der Waals surface area contributed by atoms with Gasteiger partial charge in [0, 0.05) is 10.6 Å². The molecule has 1 N–H and O–H groups in total. The number of anilines is 1. The van der Waals surface area contributed by atoms with Crippen LogP contribution in [0.3, 0.4) is 0 Å².